The number of nitro benzene ring substituents is 1. The van der Waals surface area contributed by atoms with Crippen LogP contribution in [0.2, 0.25) is 0 Å². The Labute approximate surface area is 103 Å². The average molecular weight is 255 g/mol. The number of aliphatic hydroxyl groups excluding tert-OH is 2. The lowest BCUT2D eigenvalue weighted by atomic mass is 10.2. The zero-order valence-electron chi connectivity index (χ0n) is 9.48. The monoisotopic (exact) mass is 255 g/mol. The van der Waals surface area contributed by atoms with Crippen LogP contribution in [0, 0.1) is 10.1 Å². The molecule has 2 N–H and O–H groups in total. The van der Waals surface area contributed by atoms with E-state index in [0.717, 1.165) is 0 Å². The molecule has 18 heavy (non-hydrogen) atoms. The Bertz CT molecular complexity index is 416. The number of carbonyl (C=O) groups excluding carboxylic acids is 1. The summed E-state index contributed by atoms with van der Waals surface area (Å²) in [5.74, 6) is -0.630. The standard InChI is InChI=1S/C11H13NO6/c13-7-10(14)5-6-18-11(15)8-1-3-9(4-2-8)12(16)17/h1-4,10,13-14H,5-7H2/t10-/m0/s1. The van der Waals surface area contributed by atoms with Crippen LogP contribution in [0.15, 0.2) is 24.3 Å². The molecule has 0 aliphatic heterocycles. The fourth-order valence-corrected chi connectivity index (χ4v) is 1.18. The van der Waals surface area contributed by atoms with E-state index in [2.05, 4.69) is 0 Å². The summed E-state index contributed by atoms with van der Waals surface area (Å²) in [7, 11) is 0. The van der Waals surface area contributed by atoms with E-state index in [1.807, 2.05) is 0 Å². The van der Waals surface area contributed by atoms with Crippen LogP contribution in [-0.2, 0) is 4.74 Å². The minimum atomic E-state index is -0.922. The lowest BCUT2D eigenvalue weighted by Crippen LogP contribution is -2.16. The van der Waals surface area contributed by atoms with Gasteiger partial charge in [-0.2, -0.15) is 0 Å². The van der Waals surface area contributed by atoms with Gasteiger partial charge in [0.05, 0.1) is 29.8 Å². The average Bonchev–Trinajstić information content (AvgIpc) is 2.38. The van der Waals surface area contributed by atoms with Crippen molar-refractivity contribution in [3.05, 3.63) is 39.9 Å². The number of carbonyl (C=O) groups is 1. The van der Waals surface area contributed by atoms with Gasteiger partial charge in [0.1, 0.15) is 0 Å². The molecular formula is C11H13NO6. The predicted molar refractivity (Wildman–Crippen MR) is 61.1 cm³/mol. The molecule has 0 saturated carbocycles. The molecule has 7 nitrogen and oxygen atoms in total. The molecule has 0 unspecified atom stereocenters. The van der Waals surface area contributed by atoms with Gasteiger partial charge in [-0.1, -0.05) is 0 Å². The van der Waals surface area contributed by atoms with Crippen molar-refractivity contribution >= 4 is 11.7 Å². The Morgan fingerprint density at radius 2 is 2.00 bits per heavy atom. The first-order chi connectivity index (χ1) is 8.54. The molecule has 1 rings (SSSR count). The number of benzene rings is 1. The van der Waals surface area contributed by atoms with E-state index < -0.39 is 23.6 Å². The Morgan fingerprint density at radius 1 is 1.39 bits per heavy atom. The number of aliphatic hydroxyl groups is 2. The molecule has 0 aliphatic rings. The number of ether oxygens (including phenoxy) is 1. The van der Waals surface area contributed by atoms with Gasteiger partial charge in [0, 0.05) is 18.6 Å². The first-order valence-corrected chi connectivity index (χ1v) is 5.25. The molecule has 0 heterocycles. The third-order valence-electron chi connectivity index (χ3n) is 2.21. The van der Waals surface area contributed by atoms with Crippen LogP contribution in [-0.4, -0.2) is 40.4 Å². The predicted octanol–water partition coefficient (Wildman–Crippen LogP) is 0.495. The Kier molecular flexibility index (Phi) is 5.22. The number of hydrogen-bond acceptors (Lipinski definition) is 6. The van der Waals surface area contributed by atoms with E-state index in [0.29, 0.717) is 0 Å². The van der Waals surface area contributed by atoms with Gasteiger partial charge in [-0.25, -0.2) is 4.79 Å². The van der Waals surface area contributed by atoms with E-state index in [1.54, 1.807) is 0 Å². The second-order valence-corrected chi connectivity index (χ2v) is 3.56. The summed E-state index contributed by atoms with van der Waals surface area (Å²) >= 11 is 0. The van der Waals surface area contributed by atoms with E-state index in [4.69, 9.17) is 14.9 Å². The highest BCUT2D eigenvalue weighted by Crippen LogP contribution is 2.12. The maximum absolute atomic E-state index is 11.5. The van der Waals surface area contributed by atoms with Crippen molar-refractivity contribution in [3.63, 3.8) is 0 Å². The summed E-state index contributed by atoms with van der Waals surface area (Å²) < 4.78 is 4.82. The highest BCUT2D eigenvalue weighted by atomic mass is 16.6. The largest absolute Gasteiger partial charge is 0.462 e. The van der Waals surface area contributed by atoms with Crippen molar-refractivity contribution in [1.82, 2.24) is 0 Å². The van der Waals surface area contributed by atoms with Crippen LogP contribution >= 0.6 is 0 Å². The van der Waals surface area contributed by atoms with Crippen LogP contribution < -0.4 is 0 Å². The summed E-state index contributed by atoms with van der Waals surface area (Å²) in [6, 6.07) is 5.00. The minimum absolute atomic E-state index is 0.0302. The molecule has 0 amide bonds. The summed E-state index contributed by atoms with van der Waals surface area (Å²) in [4.78, 5) is 21.3. The molecule has 0 aromatic heterocycles. The highest BCUT2D eigenvalue weighted by Gasteiger charge is 2.11. The number of rotatable bonds is 6. The topological polar surface area (TPSA) is 110 Å². The van der Waals surface area contributed by atoms with E-state index in [9.17, 15) is 14.9 Å². The lowest BCUT2D eigenvalue weighted by molar-refractivity contribution is -0.384. The summed E-state index contributed by atoms with van der Waals surface area (Å²) in [6.45, 7) is -0.424. The first kappa shape index (κ1) is 14.1. The maximum atomic E-state index is 11.5. The summed E-state index contributed by atoms with van der Waals surface area (Å²) in [6.07, 6.45) is -0.787. The smallest absolute Gasteiger partial charge is 0.338 e. The maximum Gasteiger partial charge on any atom is 0.338 e. The van der Waals surface area contributed by atoms with Gasteiger partial charge >= 0.3 is 5.97 Å². The fourth-order valence-electron chi connectivity index (χ4n) is 1.18. The molecule has 0 saturated heterocycles. The molecular weight excluding hydrogens is 242 g/mol. The van der Waals surface area contributed by atoms with E-state index in [1.165, 1.54) is 24.3 Å². The second kappa shape index (κ2) is 6.67. The van der Waals surface area contributed by atoms with Gasteiger partial charge in [0.2, 0.25) is 0 Å². The summed E-state index contributed by atoms with van der Waals surface area (Å²) in [5.41, 5.74) is 0.0846. The molecule has 0 aliphatic carbocycles. The molecule has 0 spiro atoms. The van der Waals surface area contributed by atoms with Crippen LogP contribution in [0.3, 0.4) is 0 Å². The van der Waals surface area contributed by atoms with Gasteiger partial charge < -0.3 is 14.9 Å². The third-order valence-corrected chi connectivity index (χ3v) is 2.21. The number of nitro groups is 1. The van der Waals surface area contributed by atoms with Crippen molar-refractivity contribution in [2.75, 3.05) is 13.2 Å². The molecule has 7 heteroatoms. The molecule has 0 fully saturated rings. The molecule has 1 aromatic rings. The Morgan fingerprint density at radius 3 is 2.50 bits per heavy atom. The van der Waals surface area contributed by atoms with Crippen LogP contribution in [0.1, 0.15) is 16.8 Å². The summed E-state index contributed by atoms with van der Waals surface area (Å²) in [5, 5.41) is 28.0. The Hall–Kier alpha value is -1.99. The third kappa shape index (κ3) is 4.11. The van der Waals surface area contributed by atoms with Crippen molar-refractivity contribution in [2.45, 2.75) is 12.5 Å². The second-order valence-electron chi connectivity index (χ2n) is 3.56. The number of nitrogens with zero attached hydrogens (tertiary/aromatic N) is 1. The zero-order valence-corrected chi connectivity index (χ0v) is 9.48. The van der Waals surface area contributed by atoms with Gasteiger partial charge in [0.15, 0.2) is 0 Å². The lowest BCUT2D eigenvalue weighted by Gasteiger charge is -2.07. The number of esters is 1. The Balaban J connectivity index is 2.49. The van der Waals surface area contributed by atoms with Gasteiger partial charge in [-0.3, -0.25) is 10.1 Å². The van der Waals surface area contributed by atoms with Crippen LogP contribution in [0.5, 0.6) is 0 Å². The number of non-ortho nitro benzene ring substituents is 1. The molecule has 98 valence electrons. The van der Waals surface area contributed by atoms with Crippen molar-refractivity contribution in [3.8, 4) is 0 Å². The van der Waals surface area contributed by atoms with Crippen molar-refractivity contribution in [2.24, 2.45) is 0 Å². The first-order valence-electron chi connectivity index (χ1n) is 5.25. The van der Waals surface area contributed by atoms with Crippen molar-refractivity contribution in [1.29, 1.82) is 0 Å². The minimum Gasteiger partial charge on any atom is -0.462 e. The normalized spacial score (nSPS) is 11.9. The van der Waals surface area contributed by atoms with E-state index in [-0.39, 0.29) is 24.3 Å². The van der Waals surface area contributed by atoms with Gasteiger partial charge in [-0.05, 0) is 12.1 Å². The molecule has 0 radical (unpaired) electrons. The fraction of sp³-hybridized carbons (Fsp3) is 0.364. The van der Waals surface area contributed by atoms with E-state index >= 15 is 0 Å². The molecule has 1 atom stereocenters. The highest BCUT2D eigenvalue weighted by molar-refractivity contribution is 5.89. The molecule has 1 aromatic carbocycles. The zero-order chi connectivity index (χ0) is 13.5. The SMILES string of the molecule is O=C(OCC[C@H](O)CO)c1ccc([N+](=O)[O-])cc1. The quantitative estimate of drug-likeness (QED) is 0.435. The van der Waals surface area contributed by atoms with Crippen molar-refractivity contribution < 1.29 is 24.7 Å². The van der Waals surface area contributed by atoms with Gasteiger partial charge in [-0.15, -0.1) is 0 Å². The number of hydrogen-bond donors (Lipinski definition) is 2. The van der Waals surface area contributed by atoms with Gasteiger partial charge in [0.25, 0.3) is 5.69 Å². The molecule has 0 bridgehead atoms. The van der Waals surface area contributed by atoms with Crippen LogP contribution in [0.25, 0.3) is 0 Å². The van der Waals surface area contributed by atoms with Crippen LogP contribution in [0.4, 0.5) is 5.69 Å².